The first kappa shape index (κ1) is 14.9. The highest BCUT2D eigenvalue weighted by atomic mass is 16.2. The third-order valence-electron chi connectivity index (χ3n) is 3.91. The van der Waals surface area contributed by atoms with Crippen molar-refractivity contribution in [3.8, 4) is 0 Å². The Morgan fingerprint density at radius 1 is 1.60 bits per heavy atom. The van der Waals surface area contributed by atoms with Gasteiger partial charge < -0.3 is 10.6 Å². The normalized spacial score (nSPS) is 19.4. The molecule has 0 bridgehead atoms. The summed E-state index contributed by atoms with van der Waals surface area (Å²) in [5.41, 5.74) is 6.18. The lowest BCUT2D eigenvalue weighted by Crippen LogP contribution is -2.42. The summed E-state index contributed by atoms with van der Waals surface area (Å²) in [6.45, 7) is 5.72. The molecule has 1 aliphatic heterocycles. The topological polar surface area (TPSA) is 80.3 Å². The van der Waals surface area contributed by atoms with E-state index in [1.165, 1.54) is 12.8 Å². The van der Waals surface area contributed by atoms with Crippen molar-refractivity contribution in [2.75, 3.05) is 26.7 Å². The quantitative estimate of drug-likeness (QED) is 0.772. The van der Waals surface area contributed by atoms with E-state index in [0.717, 1.165) is 19.6 Å². The van der Waals surface area contributed by atoms with Gasteiger partial charge in [0.2, 0.25) is 5.91 Å². The van der Waals surface area contributed by atoms with E-state index in [1.807, 2.05) is 7.05 Å². The highest BCUT2D eigenvalue weighted by molar-refractivity contribution is 5.75. The number of nitrogens with zero attached hydrogens (tertiary/aromatic N) is 5. The van der Waals surface area contributed by atoms with Crippen molar-refractivity contribution in [3.05, 3.63) is 11.9 Å². The second-order valence-corrected chi connectivity index (χ2v) is 5.31. The van der Waals surface area contributed by atoms with Gasteiger partial charge in [-0.15, -0.1) is 5.10 Å². The minimum Gasteiger partial charge on any atom is -0.343 e. The molecule has 7 heteroatoms. The van der Waals surface area contributed by atoms with Crippen LogP contribution in [0.25, 0.3) is 0 Å². The lowest BCUT2D eigenvalue weighted by molar-refractivity contribution is -0.131. The molecule has 1 fully saturated rings. The summed E-state index contributed by atoms with van der Waals surface area (Å²) in [5, 5.41) is 7.79. The van der Waals surface area contributed by atoms with E-state index in [9.17, 15) is 4.79 Å². The Hall–Kier alpha value is -1.47. The van der Waals surface area contributed by atoms with E-state index in [0.29, 0.717) is 18.3 Å². The van der Waals surface area contributed by atoms with Crippen LogP contribution in [0.2, 0.25) is 0 Å². The highest BCUT2D eigenvalue weighted by Gasteiger charge is 2.25. The van der Waals surface area contributed by atoms with Gasteiger partial charge in [0.05, 0.1) is 11.9 Å². The fourth-order valence-electron chi connectivity index (χ4n) is 2.70. The van der Waals surface area contributed by atoms with E-state index < -0.39 is 0 Å². The number of carbonyl (C=O) groups is 1. The zero-order chi connectivity index (χ0) is 14.5. The van der Waals surface area contributed by atoms with Gasteiger partial charge in [-0.25, -0.2) is 4.68 Å². The molecular weight excluding hydrogens is 256 g/mol. The molecule has 1 amide bonds. The van der Waals surface area contributed by atoms with Crippen molar-refractivity contribution in [2.45, 2.75) is 38.9 Å². The molecule has 0 spiro atoms. The number of hydrogen-bond acceptors (Lipinski definition) is 5. The van der Waals surface area contributed by atoms with Crippen molar-refractivity contribution in [2.24, 2.45) is 5.73 Å². The predicted molar refractivity (Wildman–Crippen MR) is 75.8 cm³/mol. The molecular formula is C13H24N6O. The molecule has 2 rings (SSSR count). The molecule has 20 heavy (non-hydrogen) atoms. The van der Waals surface area contributed by atoms with Gasteiger partial charge in [-0.05, 0) is 25.9 Å². The molecule has 1 atom stereocenters. The maximum absolute atomic E-state index is 12.2. The summed E-state index contributed by atoms with van der Waals surface area (Å²) in [7, 11) is 1.86. The second-order valence-electron chi connectivity index (χ2n) is 5.31. The largest absolute Gasteiger partial charge is 0.343 e. The highest BCUT2D eigenvalue weighted by Crippen LogP contribution is 2.17. The van der Waals surface area contributed by atoms with E-state index in [-0.39, 0.29) is 12.5 Å². The third-order valence-corrected chi connectivity index (χ3v) is 3.91. The summed E-state index contributed by atoms with van der Waals surface area (Å²) in [6, 6.07) is 0.490. The molecule has 2 heterocycles. The first-order valence-corrected chi connectivity index (χ1v) is 7.21. The van der Waals surface area contributed by atoms with Crippen LogP contribution >= 0.6 is 0 Å². The number of hydrogen-bond donors (Lipinski definition) is 1. The van der Waals surface area contributed by atoms with Crippen molar-refractivity contribution in [1.29, 1.82) is 0 Å². The average Bonchev–Trinajstić information content (AvgIpc) is 3.07. The molecule has 1 saturated heterocycles. The standard InChI is InChI=1S/C13H24N6O/c1-3-18-6-4-5-12(18)9-17(2)13(20)10-19-8-11(7-14)15-16-19/h8,12H,3-7,9-10,14H2,1-2H3. The van der Waals surface area contributed by atoms with Gasteiger partial charge in [0, 0.05) is 26.2 Å². The van der Waals surface area contributed by atoms with Crippen molar-refractivity contribution in [1.82, 2.24) is 24.8 Å². The lowest BCUT2D eigenvalue weighted by atomic mass is 10.2. The molecule has 0 radical (unpaired) electrons. The van der Waals surface area contributed by atoms with E-state index in [4.69, 9.17) is 5.73 Å². The van der Waals surface area contributed by atoms with Crippen molar-refractivity contribution in [3.63, 3.8) is 0 Å². The minimum absolute atomic E-state index is 0.0569. The number of nitrogens with two attached hydrogens (primary N) is 1. The fraction of sp³-hybridized carbons (Fsp3) is 0.769. The van der Waals surface area contributed by atoms with Crippen LogP contribution in [0.15, 0.2) is 6.20 Å². The van der Waals surface area contributed by atoms with Crippen LogP contribution in [-0.4, -0.2) is 63.4 Å². The van der Waals surface area contributed by atoms with Crippen LogP contribution in [0.5, 0.6) is 0 Å². The number of carbonyl (C=O) groups excluding carboxylic acids is 1. The van der Waals surface area contributed by atoms with E-state index in [1.54, 1.807) is 15.8 Å². The Morgan fingerprint density at radius 2 is 2.40 bits per heavy atom. The number of amides is 1. The zero-order valence-electron chi connectivity index (χ0n) is 12.3. The lowest BCUT2D eigenvalue weighted by Gasteiger charge is -2.27. The molecule has 1 aromatic rings. The molecule has 1 aliphatic rings. The Balaban J connectivity index is 1.85. The molecule has 0 aromatic carbocycles. The van der Waals surface area contributed by atoms with Crippen LogP contribution in [0, 0.1) is 0 Å². The smallest absolute Gasteiger partial charge is 0.244 e. The summed E-state index contributed by atoms with van der Waals surface area (Å²) in [4.78, 5) is 16.4. The minimum atomic E-state index is 0.0569. The number of likely N-dealkylation sites (tertiary alicyclic amines) is 1. The Kier molecular flexibility index (Phi) is 5.08. The molecule has 1 aromatic heterocycles. The van der Waals surface area contributed by atoms with Gasteiger partial charge in [-0.1, -0.05) is 12.1 Å². The van der Waals surface area contributed by atoms with Crippen LogP contribution in [-0.2, 0) is 17.9 Å². The van der Waals surface area contributed by atoms with Gasteiger partial charge in [0.15, 0.2) is 0 Å². The zero-order valence-corrected chi connectivity index (χ0v) is 12.3. The van der Waals surface area contributed by atoms with Crippen molar-refractivity contribution < 1.29 is 4.79 Å². The molecule has 0 saturated carbocycles. The van der Waals surface area contributed by atoms with Crippen LogP contribution in [0.4, 0.5) is 0 Å². The first-order chi connectivity index (χ1) is 9.63. The maximum Gasteiger partial charge on any atom is 0.244 e. The monoisotopic (exact) mass is 280 g/mol. The summed E-state index contributed by atoms with van der Waals surface area (Å²) in [5.74, 6) is 0.0569. The number of rotatable bonds is 6. The van der Waals surface area contributed by atoms with Crippen LogP contribution < -0.4 is 5.73 Å². The van der Waals surface area contributed by atoms with Crippen LogP contribution in [0.3, 0.4) is 0 Å². The second kappa shape index (κ2) is 6.81. The number of aromatic nitrogens is 3. The molecule has 1 unspecified atom stereocenters. The summed E-state index contributed by atoms with van der Waals surface area (Å²) < 4.78 is 1.55. The van der Waals surface area contributed by atoms with E-state index in [2.05, 4.69) is 22.1 Å². The Labute approximate surface area is 119 Å². The SMILES string of the molecule is CCN1CCCC1CN(C)C(=O)Cn1cc(CN)nn1. The van der Waals surface area contributed by atoms with Crippen LogP contribution in [0.1, 0.15) is 25.5 Å². The summed E-state index contributed by atoms with van der Waals surface area (Å²) in [6.07, 6.45) is 4.12. The summed E-state index contributed by atoms with van der Waals surface area (Å²) >= 11 is 0. The number of likely N-dealkylation sites (N-methyl/N-ethyl adjacent to an activating group) is 2. The van der Waals surface area contributed by atoms with Gasteiger partial charge >= 0.3 is 0 Å². The maximum atomic E-state index is 12.2. The first-order valence-electron chi connectivity index (χ1n) is 7.21. The predicted octanol–water partition coefficient (Wildman–Crippen LogP) is -0.320. The molecule has 0 aliphatic carbocycles. The Bertz CT molecular complexity index is 446. The fourth-order valence-corrected chi connectivity index (χ4v) is 2.70. The Morgan fingerprint density at radius 3 is 3.05 bits per heavy atom. The van der Waals surface area contributed by atoms with Gasteiger partial charge in [0.1, 0.15) is 6.54 Å². The van der Waals surface area contributed by atoms with Gasteiger partial charge in [0.25, 0.3) is 0 Å². The molecule has 112 valence electrons. The van der Waals surface area contributed by atoms with Gasteiger partial charge in [-0.2, -0.15) is 0 Å². The molecule has 7 nitrogen and oxygen atoms in total. The average molecular weight is 280 g/mol. The van der Waals surface area contributed by atoms with Gasteiger partial charge in [-0.3, -0.25) is 9.69 Å². The van der Waals surface area contributed by atoms with Crippen molar-refractivity contribution >= 4 is 5.91 Å². The molecule has 2 N–H and O–H groups in total. The third kappa shape index (κ3) is 3.55. The van der Waals surface area contributed by atoms with E-state index >= 15 is 0 Å².